The summed E-state index contributed by atoms with van der Waals surface area (Å²) < 4.78 is 0. The van der Waals surface area contributed by atoms with Crippen LogP contribution in [-0.4, -0.2) is 40.1 Å². The Kier molecular flexibility index (Phi) is 3.74. The minimum Gasteiger partial charge on any atom is -0.480 e. The second-order valence-corrected chi connectivity index (χ2v) is 6.49. The molecule has 0 saturated heterocycles. The summed E-state index contributed by atoms with van der Waals surface area (Å²) in [4.78, 5) is 25.6. The van der Waals surface area contributed by atoms with Gasteiger partial charge in [0.05, 0.1) is 0 Å². The van der Waals surface area contributed by atoms with Crippen molar-refractivity contribution in [3.8, 4) is 0 Å². The molecule has 2 N–H and O–H groups in total. The second kappa shape index (κ2) is 5.02. The molecule has 0 aromatic rings. The van der Waals surface area contributed by atoms with Gasteiger partial charge in [-0.1, -0.05) is 13.8 Å². The molecule has 0 heterocycles. The molecule has 0 spiro atoms. The normalized spacial score (nSPS) is 21.9. The number of carboxylic acid groups (broad SMARTS) is 1. The Morgan fingerprint density at radius 3 is 2.26 bits per heavy atom. The summed E-state index contributed by atoms with van der Waals surface area (Å²) in [6.45, 7) is 6.46. The zero-order chi connectivity index (χ0) is 14.2. The van der Waals surface area contributed by atoms with Gasteiger partial charge in [0.15, 0.2) is 0 Å². The maximum atomic E-state index is 12.4. The first-order valence-corrected chi connectivity index (χ1v) is 7.16. The number of carbonyl (C=O) groups excluding carboxylic acids is 1. The Balaban J connectivity index is 2.02. The van der Waals surface area contributed by atoms with Crippen LogP contribution in [0.1, 0.15) is 46.5 Å². The summed E-state index contributed by atoms with van der Waals surface area (Å²) in [6, 6.07) is 0.0904. The number of carboxylic acids is 1. The van der Waals surface area contributed by atoms with Gasteiger partial charge in [-0.15, -0.1) is 0 Å². The molecule has 2 aliphatic carbocycles. The molecule has 0 radical (unpaired) electrons. The van der Waals surface area contributed by atoms with E-state index in [2.05, 4.69) is 19.2 Å². The third-order valence-corrected chi connectivity index (χ3v) is 4.02. The van der Waals surface area contributed by atoms with Gasteiger partial charge in [-0.05, 0) is 44.4 Å². The summed E-state index contributed by atoms with van der Waals surface area (Å²) in [5.74, 6) is -0.457. The minimum atomic E-state index is -1.11. The van der Waals surface area contributed by atoms with Gasteiger partial charge >= 0.3 is 12.0 Å². The van der Waals surface area contributed by atoms with Crippen LogP contribution in [0.4, 0.5) is 4.79 Å². The molecule has 0 aromatic heterocycles. The fourth-order valence-corrected chi connectivity index (χ4v) is 2.46. The number of hydrogen-bond acceptors (Lipinski definition) is 2. The summed E-state index contributed by atoms with van der Waals surface area (Å²) in [6.07, 6.45) is 3.84. The Labute approximate surface area is 114 Å². The van der Waals surface area contributed by atoms with Crippen LogP contribution in [0, 0.1) is 11.8 Å². The van der Waals surface area contributed by atoms with Crippen LogP contribution in [0.2, 0.25) is 0 Å². The summed E-state index contributed by atoms with van der Waals surface area (Å²) in [5.41, 5.74) is -1.11. The van der Waals surface area contributed by atoms with Crippen molar-refractivity contribution >= 4 is 12.0 Å². The van der Waals surface area contributed by atoms with E-state index < -0.39 is 11.5 Å². The van der Waals surface area contributed by atoms with Crippen molar-refractivity contribution in [2.75, 3.05) is 6.54 Å². The van der Waals surface area contributed by atoms with E-state index in [-0.39, 0.29) is 11.9 Å². The number of aliphatic carboxylic acids is 1. The Bertz CT molecular complexity index is 375. The van der Waals surface area contributed by atoms with Crippen molar-refractivity contribution < 1.29 is 14.7 Å². The standard InChI is InChI=1S/C14H24N2O3/c1-9(2)8-16(11-6-7-11)13(19)15-14(3,12(17)18)10-4-5-10/h9-11H,4-8H2,1-3H3,(H,15,19)(H,17,18). The van der Waals surface area contributed by atoms with E-state index in [9.17, 15) is 14.7 Å². The molecule has 0 bridgehead atoms. The first-order valence-electron chi connectivity index (χ1n) is 7.16. The fraction of sp³-hybridized carbons (Fsp3) is 0.857. The van der Waals surface area contributed by atoms with Gasteiger partial charge < -0.3 is 15.3 Å². The van der Waals surface area contributed by atoms with E-state index in [1.165, 1.54) is 0 Å². The monoisotopic (exact) mass is 268 g/mol. The maximum absolute atomic E-state index is 12.4. The highest BCUT2D eigenvalue weighted by Crippen LogP contribution is 2.40. The number of urea groups is 1. The van der Waals surface area contributed by atoms with Gasteiger partial charge in [-0.3, -0.25) is 0 Å². The average Bonchev–Trinajstić information content (AvgIpc) is 3.16. The molecule has 2 rings (SSSR count). The predicted octanol–water partition coefficient (Wildman–Crippen LogP) is 2.07. The molecule has 2 saturated carbocycles. The van der Waals surface area contributed by atoms with Crippen molar-refractivity contribution in [1.29, 1.82) is 0 Å². The van der Waals surface area contributed by atoms with Crippen LogP contribution in [0.3, 0.4) is 0 Å². The molecule has 0 aromatic carbocycles. The molecular weight excluding hydrogens is 244 g/mol. The van der Waals surface area contributed by atoms with Crippen molar-refractivity contribution in [2.45, 2.75) is 58.0 Å². The fourth-order valence-electron chi connectivity index (χ4n) is 2.46. The number of hydrogen-bond donors (Lipinski definition) is 2. The molecular formula is C14H24N2O3. The van der Waals surface area contributed by atoms with Gasteiger partial charge in [0.1, 0.15) is 5.54 Å². The molecule has 2 fully saturated rings. The topological polar surface area (TPSA) is 69.6 Å². The molecule has 1 atom stereocenters. The van der Waals surface area contributed by atoms with Crippen LogP contribution in [0.15, 0.2) is 0 Å². The number of nitrogens with one attached hydrogen (secondary N) is 1. The van der Waals surface area contributed by atoms with Gasteiger partial charge in [0.2, 0.25) is 0 Å². The lowest BCUT2D eigenvalue weighted by molar-refractivity contribution is -0.144. The number of rotatable bonds is 6. The van der Waals surface area contributed by atoms with Crippen LogP contribution >= 0.6 is 0 Å². The number of amides is 2. The van der Waals surface area contributed by atoms with E-state index in [1.54, 1.807) is 6.92 Å². The highest BCUT2D eigenvalue weighted by Gasteiger charge is 2.49. The Hall–Kier alpha value is -1.26. The lowest BCUT2D eigenvalue weighted by atomic mass is 9.96. The highest BCUT2D eigenvalue weighted by molar-refractivity contribution is 5.86. The maximum Gasteiger partial charge on any atom is 0.329 e. The van der Waals surface area contributed by atoms with Crippen molar-refractivity contribution in [3.05, 3.63) is 0 Å². The van der Waals surface area contributed by atoms with Crippen molar-refractivity contribution in [2.24, 2.45) is 11.8 Å². The lowest BCUT2D eigenvalue weighted by Crippen LogP contribution is -2.58. The largest absolute Gasteiger partial charge is 0.480 e. The molecule has 2 amide bonds. The van der Waals surface area contributed by atoms with Crippen molar-refractivity contribution in [3.63, 3.8) is 0 Å². The first-order chi connectivity index (χ1) is 8.84. The molecule has 5 nitrogen and oxygen atoms in total. The average molecular weight is 268 g/mol. The van der Waals surface area contributed by atoms with E-state index in [1.807, 2.05) is 4.90 Å². The molecule has 19 heavy (non-hydrogen) atoms. The third kappa shape index (κ3) is 3.19. The number of nitrogens with zero attached hydrogens (tertiary/aromatic N) is 1. The quantitative estimate of drug-likeness (QED) is 0.774. The summed E-state index contributed by atoms with van der Waals surface area (Å²) >= 11 is 0. The van der Waals surface area contributed by atoms with Crippen LogP contribution in [0.25, 0.3) is 0 Å². The zero-order valence-corrected chi connectivity index (χ0v) is 12.0. The Morgan fingerprint density at radius 1 is 1.32 bits per heavy atom. The minimum absolute atomic E-state index is 0.0778. The molecule has 1 unspecified atom stereocenters. The van der Waals surface area contributed by atoms with Gasteiger partial charge in [-0.25, -0.2) is 9.59 Å². The highest BCUT2D eigenvalue weighted by atomic mass is 16.4. The number of carbonyl (C=O) groups is 2. The predicted molar refractivity (Wildman–Crippen MR) is 71.9 cm³/mol. The first kappa shape index (κ1) is 14.2. The Morgan fingerprint density at radius 2 is 1.89 bits per heavy atom. The van der Waals surface area contributed by atoms with Crippen molar-refractivity contribution in [1.82, 2.24) is 10.2 Å². The van der Waals surface area contributed by atoms with Gasteiger partial charge in [0, 0.05) is 12.6 Å². The van der Waals surface area contributed by atoms with E-state index >= 15 is 0 Å². The van der Waals surface area contributed by atoms with Crippen LogP contribution in [0.5, 0.6) is 0 Å². The third-order valence-electron chi connectivity index (χ3n) is 4.02. The molecule has 5 heteroatoms. The van der Waals surface area contributed by atoms with E-state index in [0.717, 1.165) is 25.7 Å². The molecule has 0 aliphatic heterocycles. The zero-order valence-electron chi connectivity index (χ0n) is 12.0. The SMILES string of the molecule is CC(C)CN(C(=O)NC(C)(C(=O)O)C1CC1)C1CC1. The van der Waals surface area contributed by atoms with Crippen LogP contribution in [-0.2, 0) is 4.79 Å². The van der Waals surface area contributed by atoms with E-state index in [4.69, 9.17) is 0 Å². The summed E-state index contributed by atoms with van der Waals surface area (Å²) in [5, 5.41) is 12.1. The van der Waals surface area contributed by atoms with E-state index in [0.29, 0.717) is 18.5 Å². The van der Waals surface area contributed by atoms with Crippen LogP contribution < -0.4 is 5.32 Å². The lowest BCUT2D eigenvalue weighted by Gasteiger charge is -2.31. The molecule has 108 valence electrons. The summed E-state index contributed by atoms with van der Waals surface area (Å²) in [7, 11) is 0. The van der Waals surface area contributed by atoms with Gasteiger partial charge in [-0.2, -0.15) is 0 Å². The van der Waals surface area contributed by atoms with Gasteiger partial charge in [0.25, 0.3) is 0 Å². The second-order valence-electron chi connectivity index (χ2n) is 6.49. The smallest absolute Gasteiger partial charge is 0.329 e. The molecule has 2 aliphatic rings.